The number of ether oxygens (including phenoxy) is 2. The summed E-state index contributed by atoms with van der Waals surface area (Å²) < 4.78 is 9.65. The summed E-state index contributed by atoms with van der Waals surface area (Å²) in [7, 11) is 1.32. The molecule has 0 aromatic heterocycles. The van der Waals surface area contributed by atoms with Crippen molar-refractivity contribution in [1.29, 1.82) is 0 Å². The molecule has 0 spiro atoms. The second-order valence-electron chi connectivity index (χ2n) is 4.02. The zero-order valence-corrected chi connectivity index (χ0v) is 10.7. The Kier molecular flexibility index (Phi) is 5.11. The Morgan fingerprint density at radius 2 is 2.00 bits per heavy atom. The minimum Gasteiger partial charge on any atom is -0.465 e. The minimum absolute atomic E-state index is 0.132. The highest BCUT2D eigenvalue weighted by atomic mass is 16.5. The van der Waals surface area contributed by atoms with Gasteiger partial charge in [-0.2, -0.15) is 0 Å². The molecule has 0 bridgehead atoms. The van der Waals surface area contributed by atoms with E-state index in [1.165, 1.54) is 13.2 Å². The van der Waals surface area contributed by atoms with Crippen molar-refractivity contribution in [3.63, 3.8) is 0 Å². The van der Waals surface area contributed by atoms with Crippen molar-refractivity contribution in [3.05, 3.63) is 47.0 Å². The van der Waals surface area contributed by atoms with Gasteiger partial charge in [-0.05, 0) is 31.5 Å². The second kappa shape index (κ2) is 6.59. The average Bonchev–Trinajstić information content (AvgIpc) is 2.35. The molecule has 4 heteroatoms. The van der Waals surface area contributed by atoms with E-state index < -0.39 is 11.9 Å². The average molecular weight is 248 g/mol. The first kappa shape index (κ1) is 14.0. The Labute approximate surface area is 106 Å². The summed E-state index contributed by atoms with van der Waals surface area (Å²) in [5.74, 6) is -0.800. The molecular formula is C14H16O4. The molecule has 0 saturated heterocycles. The lowest BCUT2D eigenvalue weighted by molar-refractivity contribution is -0.139. The third kappa shape index (κ3) is 4.41. The number of rotatable bonds is 4. The lowest BCUT2D eigenvalue weighted by Gasteiger charge is -2.04. The van der Waals surface area contributed by atoms with E-state index >= 15 is 0 Å². The van der Waals surface area contributed by atoms with E-state index in [0.29, 0.717) is 5.56 Å². The Morgan fingerprint density at radius 3 is 2.61 bits per heavy atom. The largest absolute Gasteiger partial charge is 0.465 e. The number of hydrogen-bond acceptors (Lipinski definition) is 4. The maximum absolute atomic E-state index is 11.3. The molecule has 18 heavy (non-hydrogen) atoms. The van der Waals surface area contributed by atoms with Gasteiger partial charge in [0, 0.05) is 6.08 Å². The van der Waals surface area contributed by atoms with Crippen LogP contribution in [0.2, 0.25) is 0 Å². The monoisotopic (exact) mass is 248 g/mol. The topological polar surface area (TPSA) is 52.6 Å². The maximum Gasteiger partial charge on any atom is 0.337 e. The molecule has 0 aliphatic heterocycles. The molecular weight excluding hydrogens is 232 g/mol. The van der Waals surface area contributed by atoms with E-state index in [9.17, 15) is 9.59 Å². The van der Waals surface area contributed by atoms with Crippen LogP contribution in [0.25, 0.3) is 0 Å². The predicted molar refractivity (Wildman–Crippen MR) is 67.0 cm³/mol. The van der Waals surface area contributed by atoms with Gasteiger partial charge in [0.15, 0.2) is 0 Å². The molecule has 0 amide bonds. The van der Waals surface area contributed by atoms with Crippen molar-refractivity contribution in [3.8, 4) is 0 Å². The first-order valence-corrected chi connectivity index (χ1v) is 5.52. The van der Waals surface area contributed by atoms with Crippen LogP contribution in [-0.2, 0) is 20.9 Å². The van der Waals surface area contributed by atoms with Gasteiger partial charge in [0.2, 0.25) is 0 Å². The normalized spacial score (nSPS) is 9.50. The molecule has 0 fully saturated rings. The Balaban J connectivity index is 2.66. The predicted octanol–water partition coefficient (Wildman–Crippen LogP) is 2.48. The van der Waals surface area contributed by atoms with E-state index in [4.69, 9.17) is 4.74 Å². The number of carbonyl (C=O) groups is 2. The van der Waals surface area contributed by atoms with E-state index in [1.54, 1.807) is 24.3 Å². The van der Waals surface area contributed by atoms with Crippen LogP contribution in [0.15, 0.2) is 35.9 Å². The van der Waals surface area contributed by atoms with Gasteiger partial charge in [0.25, 0.3) is 0 Å². The van der Waals surface area contributed by atoms with Crippen LogP contribution in [0.1, 0.15) is 29.8 Å². The molecule has 0 aliphatic rings. The van der Waals surface area contributed by atoms with Gasteiger partial charge < -0.3 is 9.47 Å². The first-order chi connectivity index (χ1) is 8.52. The quantitative estimate of drug-likeness (QED) is 0.606. The summed E-state index contributed by atoms with van der Waals surface area (Å²) in [4.78, 5) is 22.6. The molecule has 0 saturated carbocycles. The molecule has 0 N–H and O–H groups in total. The molecule has 0 aliphatic carbocycles. The van der Waals surface area contributed by atoms with Crippen molar-refractivity contribution in [2.24, 2.45) is 0 Å². The fourth-order valence-corrected chi connectivity index (χ4v) is 1.34. The highest BCUT2D eigenvalue weighted by Gasteiger charge is 2.06. The van der Waals surface area contributed by atoms with Crippen molar-refractivity contribution >= 4 is 11.9 Å². The van der Waals surface area contributed by atoms with Gasteiger partial charge in [0.05, 0.1) is 12.7 Å². The Bertz CT molecular complexity index is 470. The zero-order valence-electron chi connectivity index (χ0n) is 10.7. The second-order valence-corrected chi connectivity index (χ2v) is 4.02. The van der Waals surface area contributed by atoms with Crippen molar-refractivity contribution < 1.29 is 19.1 Å². The molecule has 1 aromatic rings. The molecule has 0 heterocycles. The zero-order chi connectivity index (χ0) is 13.5. The SMILES string of the molecule is COC(=O)c1cccc(COC(=O)C=C(C)C)c1. The lowest BCUT2D eigenvalue weighted by Crippen LogP contribution is -2.04. The molecule has 4 nitrogen and oxygen atoms in total. The molecule has 0 radical (unpaired) electrons. The third-order valence-electron chi connectivity index (χ3n) is 2.14. The molecule has 1 rings (SSSR count). The van der Waals surface area contributed by atoms with E-state index in [-0.39, 0.29) is 6.61 Å². The van der Waals surface area contributed by atoms with Crippen LogP contribution < -0.4 is 0 Å². The summed E-state index contributed by atoms with van der Waals surface area (Å²) >= 11 is 0. The standard InChI is InChI=1S/C14H16O4/c1-10(2)7-13(15)18-9-11-5-4-6-12(8-11)14(16)17-3/h4-8H,9H2,1-3H3. The Morgan fingerprint density at radius 1 is 1.28 bits per heavy atom. The fraction of sp³-hybridized carbons (Fsp3) is 0.286. The van der Waals surface area contributed by atoms with E-state index in [2.05, 4.69) is 4.74 Å². The highest BCUT2D eigenvalue weighted by molar-refractivity contribution is 5.89. The highest BCUT2D eigenvalue weighted by Crippen LogP contribution is 2.08. The van der Waals surface area contributed by atoms with Gasteiger partial charge in [-0.1, -0.05) is 17.7 Å². The molecule has 0 atom stereocenters. The summed E-state index contributed by atoms with van der Waals surface area (Å²) in [6.45, 7) is 3.77. The number of esters is 2. The summed E-state index contributed by atoms with van der Waals surface area (Å²) in [6, 6.07) is 6.79. The molecule has 96 valence electrons. The van der Waals surface area contributed by atoms with Crippen LogP contribution >= 0.6 is 0 Å². The number of benzene rings is 1. The van der Waals surface area contributed by atoms with Gasteiger partial charge in [-0.3, -0.25) is 0 Å². The number of hydrogen-bond donors (Lipinski definition) is 0. The van der Waals surface area contributed by atoms with E-state index in [0.717, 1.165) is 11.1 Å². The number of allylic oxidation sites excluding steroid dienone is 1. The van der Waals surface area contributed by atoms with Crippen LogP contribution in [0, 0.1) is 0 Å². The van der Waals surface area contributed by atoms with Crippen molar-refractivity contribution in [2.45, 2.75) is 20.5 Å². The van der Waals surface area contributed by atoms with Gasteiger partial charge in [0.1, 0.15) is 6.61 Å². The smallest absolute Gasteiger partial charge is 0.337 e. The van der Waals surface area contributed by atoms with Gasteiger partial charge in [-0.25, -0.2) is 9.59 Å². The summed E-state index contributed by atoms with van der Waals surface area (Å²) in [5.41, 5.74) is 2.06. The van der Waals surface area contributed by atoms with Crippen molar-refractivity contribution in [2.75, 3.05) is 7.11 Å². The maximum atomic E-state index is 11.3. The fourth-order valence-electron chi connectivity index (χ4n) is 1.34. The van der Waals surface area contributed by atoms with Crippen LogP contribution in [0.3, 0.4) is 0 Å². The van der Waals surface area contributed by atoms with Gasteiger partial charge >= 0.3 is 11.9 Å². The molecule has 1 aromatic carbocycles. The number of methoxy groups -OCH3 is 1. The minimum atomic E-state index is -0.410. The lowest BCUT2D eigenvalue weighted by atomic mass is 10.1. The summed E-state index contributed by atoms with van der Waals surface area (Å²) in [5, 5.41) is 0. The Hall–Kier alpha value is -2.10. The van der Waals surface area contributed by atoms with Crippen LogP contribution in [0.4, 0.5) is 0 Å². The van der Waals surface area contributed by atoms with E-state index in [1.807, 2.05) is 13.8 Å². The van der Waals surface area contributed by atoms with Crippen molar-refractivity contribution in [1.82, 2.24) is 0 Å². The van der Waals surface area contributed by atoms with Gasteiger partial charge in [-0.15, -0.1) is 0 Å². The number of carbonyl (C=O) groups excluding carboxylic acids is 2. The van der Waals surface area contributed by atoms with Crippen LogP contribution in [-0.4, -0.2) is 19.0 Å². The van der Waals surface area contributed by atoms with Crippen LogP contribution in [0.5, 0.6) is 0 Å². The first-order valence-electron chi connectivity index (χ1n) is 5.52. The molecule has 0 unspecified atom stereocenters. The summed E-state index contributed by atoms with van der Waals surface area (Å²) in [6.07, 6.45) is 1.42. The third-order valence-corrected chi connectivity index (χ3v) is 2.14.